The van der Waals surface area contributed by atoms with E-state index in [0.717, 1.165) is 6.07 Å². The van der Waals surface area contributed by atoms with Crippen molar-refractivity contribution >= 4 is 21.9 Å². The Labute approximate surface area is 99.5 Å². The van der Waals surface area contributed by atoms with Gasteiger partial charge in [-0.15, -0.1) is 0 Å². The van der Waals surface area contributed by atoms with Crippen molar-refractivity contribution in [3.05, 3.63) is 29.8 Å². The molecule has 0 heterocycles. The van der Waals surface area contributed by atoms with Gasteiger partial charge in [0.05, 0.1) is 7.11 Å². The first-order chi connectivity index (χ1) is 7.56. The molecule has 0 aliphatic heterocycles. The largest absolute Gasteiger partial charge is 0.489 e. The fraction of sp³-hybridized carbons (Fsp3) is 0.300. The van der Waals surface area contributed by atoms with Crippen LogP contribution >= 0.6 is 15.9 Å². The number of rotatable bonds is 4. The van der Waals surface area contributed by atoms with Gasteiger partial charge in [0.15, 0.2) is 11.6 Å². The number of hydrogen-bond acceptors (Lipinski definition) is 3. The van der Waals surface area contributed by atoms with E-state index in [1.165, 1.54) is 19.2 Å². The fourth-order valence-corrected chi connectivity index (χ4v) is 1.27. The van der Waals surface area contributed by atoms with Crippen molar-refractivity contribution in [3.8, 4) is 5.75 Å². The zero-order chi connectivity index (χ0) is 12.1. The standard InChI is InChI=1S/C10H9BrF2O3/c1-15-10(14)6(11)5-16-8-4-2-3-7(12)9(8)13/h2-4,6H,5H2,1H3. The quantitative estimate of drug-likeness (QED) is 0.631. The number of halogens is 3. The molecule has 0 radical (unpaired) electrons. The van der Waals surface area contributed by atoms with Crippen LogP contribution in [0.2, 0.25) is 0 Å². The lowest BCUT2D eigenvalue weighted by atomic mass is 10.3. The molecule has 1 aromatic carbocycles. The van der Waals surface area contributed by atoms with E-state index in [4.69, 9.17) is 4.74 Å². The third-order valence-electron chi connectivity index (χ3n) is 1.76. The van der Waals surface area contributed by atoms with Gasteiger partial charge in [-0.2, -0.15) is 4.39 Å². The van der Waals surface area contributed by atoms with Crippen LogP contribution in [0.25, 0.3) is 0 Å². The summed E-state index contributed by atoms with van der Waals surface area (Å²) in [5.74, 6) is -2.86. The number of carbonyl (C=O) groups excluding carboxylic acids is 1. The zero-order valence-electron chi connectivity index (χ0n) is 8.38. The van der Waals surface area contributed by atoms with Crippen LogP contribution < -0.4 is 4.74 Å². The molecular weight excluding hydrogens is 286 g/mol. The van der Waals surface area contributed by atoms with E-state index in [2.05, 4.69) is 20.7 Å². The Hall–Kier alpha value is -1.17. The summed E-state index contributed by atoms with van der Waals surface area (Å²) in [6, 6.07) is 3.57. The molecule has 6 heteroatoms. The fourth-order valence-electron chi connectivity index (χ4n) is 0.954. The van der Waals surface area contributed by atoms with E-state index in [1.807, 2.05) is 0 Å². The van der Waals surface area contributed by atoms with Crippen molar-refractivity contribution in [3.63, 3.8) is 0 Å². The van der Waals surface area contributed by atoms with Crippen LogP contribution in [-0.4, -0.2) is 24.5 Å². The topological polar surface area (TPSA) is 35.5 Å². The van der Waals surface area contributed by atoms with Gasteiger partial charge in [0, 0.05) is 0 Å². The average molecular weight is 295 g/mol. The van der Waals surface area contributed by atoms with E-state index in [-0.39, 0.29) is 12.4 Å². The lowest BCUT2D eigenvalue weighted by Gasteiger charge is -2.10. The highest BCUT2D eigenvalue weighted by Gasteiger charge is 2.17. The van der Waals surface area contributed by atoms with Crippen LogP contribution in [0.4, 0.5) is 8.78 Å². The molecular formula is C10H9BrF2O3. The molecule has 1 rings (SSSR count). The van der Waals surface area contributed by atoms with Crippen molar-refractivity contribution in [2.24, 2.45) is 0 Å². The van der Waals surface area contributed by atoms with E-state index in [9.17, 15) is 13.6 Å². The maximum absolute atomic E-state index is 13.1. The number of methoxy groups -OCH3 is 1. The summed E-state index contributed by atoms with van der Waals surface area (Å²) in [7, 11) is 1.22. The van der Waals surface area contributed by atoms with Crippen LogP contribution in [0, 0.1) is 11.6 Å². The molecule has 0 amide bonds. The highest BCUT2D eigenvalue weighted by molar-refractivity contribution is 9.10. The Kier molecular flexibility index (Phi) is 4.67. The number of carbonyl (C=O) groups is 1. The molecule has 0 fully saturated rings. The molecule has 0 aromatic heterocycles. The Balaban J connectivity index is 2.61. The number of benzene rings is 1. The summed E-state index contributed by atoms with van der Waals surface area (Å²) in [4.78, 5) is 10.2. The molecule has 0 N–H and O–H groups in total. The average Bonchev–Trinajstić information content (AvgIpc) is 2.29. The molecule has 1 atom stereocenters. The third-order valence-corrected chi connectivity index (χ3v) is 2.40. The number of ether oxygens (including phenoxy) is 2. The van der Waals surface area contributed by atoms with Gasteiger partial charge < -0.3 is 9.47 Å². The second-order valence-corrected chi connectivity index (χ2v) is 3.96. The molecule has 16 heavy (non-hydrogen) atoms. The van der Waals surface area contributed by atoms with Crippen LogP contribution in [0.1, 0.15) is 0 Å². The first-order valence-corrected chi connectivity index (χ1v) is 5.26. The van der Waals surface area contributed by atoms with Crippen LogP contribution in [0.15, 0.2) is 18.2 Å². The minimum Gasteiger partial charge on any atom is -0.489 e. The smallest absolute Gasteiger partial charge is 0.322 e. The van der Waals surface area contributed by atoms with Crippen molar-refractivity contribution in [2.45, 2.75) is 4.83 Å². The van der Waals surface area contributed by atoms with E-state index >= 15 is 0 Å². The van der Waals surface area contributed by atoms with Crippen LogP contribution in [0.3, 0.4) is 0 Å². The summed E-state index contributed by atoms with van der Waals surface area (Å²) in [5.41, 5.74) is 0. The van der Waals surface area contributed by atoms with Gasteiger partial charge in [0.1, 0.15) is 11.4 Å². The number of hydrogen-bond donors (Lipinski definition) is 0. The van der Waals surface area contributed by atoms with Gasteiger partial charge in [-0.25, -0.2) is 4.39 Å². The summed E-state index contributed by atoms with van der Waals surface area (Å²) in [6.45, 7) is -0.146. The Morgan fingerprint density at radius 1 is 1.50 bits per heavy atom. The molecule has 0 saturated carbocycles. The van der Waals surface area contributed by atoms with Crippen LogP contribution in [-0.2, 0) is 9.53 Å². The molecule has 1 aromatic rings. The molecule has 0 saturated heterocycles. The second kappa shape index (κ2) is 5.79. The van der Waals surface area contributed by atoms with Gasteiger partial charge in [0.2, 0.25) is 5.82 Å². The van der Waals surface area contributed by atoms with Crippen molar-refractivity contribution in [1.29, 1.82) is 0 Å². The minimum absolute atomic E-state index is 0.146. The Bertz CT molecular complexity index is 384. The Morgan fingerprint density at radius 2 is 2.19 bits per heavy atom. The highest BCUT2D eigenvalue weighted by Crippen LogP contribution is 2.19. The zero-order valence-corrected chi connectivity index (χ0v) is 9.96. The first-order valence-electron chi connectivity index (χ1n) is 4.35. The van der Waals surface area contributed by atoms with E-state index in [0.29, 0.717) is 0 Å². The van der Waals surface area contributed by atoms with Crippen molar-refractivity contribution < 1.29 is 23.0 Å². The van der Waals surface area contributed by atoms with Gasteiger partial charge in [-0.05, 0) is 12.1 Å². The van der Waals surface area contributed by atoms with Gasteiger partial charge in [-0.1, -0.05) is 22.0 Å². The maximum atomic E-state index is 13.1. The summed E-state index contributed by atoms with van der Waals surface area (Å²) < 4.78 is 35.2. The summed E-state index contributed by atoms with van der Waals surface area (Å²) >= 11 is 2.99. The Morgan fingerprint density at radius 3 is 2.81 bits per heavy atom. The van der Waals surface area contributed by atoms with Gasteiger partial charge in [0.25, 0.3) is 0 Å². The molecule has 0 bridgehead atoms. The third kappa shape index (κ3) is 3.16. The molecule has 88 valence electrons. The van der Waals surface area contributed by atoms with Gasteiger partial charge in [-0.3, -0.25) is 4.79 Å². The first kappa shape index (κ1) is 12.9. The minimum atomic E-state index is -1.08. The predicted molar refractivity (Wildman–Crippen MR) is 56.6 cm³/mol. The lowest BCUT2D eigenvalue weighted by molar-refractivity contribution is -0.140. The molecule has 0 aliphatic rings. The van der Waals surface area contributed by atoms with E-state index < -0.39 is 22.4 Å². The molecule has 3 nitrogen and oxygen atoms in total. The molecule has 0 aliphatic carbocycles. The molecule has 0 spiro atoms. The summed E-state index contributed by atoms with van der Waals surface area (Å²) in [5, 5.41) is 0. The van der Waals surface area contributed by atoms with Crippen molar-refractivity contribution in [2.75, 3.05) is 13.7 Å². The lowest BCUT2D eigenvalue weighted by Crippen LogP contribution is -2.23. The molecule has 1 unspecified atom stereocenters. The number of alkyl halides is 1. The van der Waals surface area contributed by atoms with Crippen molar-refractivity contribution in [1.82, 2.24) is 0 Å². The maximum Gasteiger partial charge on any atom is 0.322 e. The van der Waals surface area contributed by atoms with Crippen LogP contribution in [0.5, 0.6) is 5.75 Å². The predicted octanol–water partition coefficient (Wildman–Crippen LogP) is 2.28. The van der Waals surface area contributed by atoms with E-state index in [1.54, 1.807) is 0 Å². The normalized spacial score (nSPS) is 12.0. The summed E-state index contributed by atoms with van der Waals surface area (Å²) in [6.07, 6.45) is 0. The second-order valence-electron chi connectivity index (χ2n) is 2.85. The highest BCUT2D eigenvalue weighted by atomic mass is 79.9. The number of esters is 1. The SMILES string of the molecule is COC(=O)C(Br)COc1cccc(F)c1F. The monoisotopic (exact) mass is 294 g/mol. The van der Waals surface area contributed by atoms with Gasteiger partial charge >= 0.3 is 5.97 Å².